The van der Waals surface area contributed by atoms with E-state index < -0.39 is 0 Å². The quantitative estimate of drug-likeness (QED) is 0.837. The van der Waals surface area contributed by atoms with E-state index in [4.69, 9.17) is 4.74 Å². The lowest BCUT2D eigenvalue weighted by atomic mass is 10.2. The Morgan fingerprint density at radius 1 is 1.33 bits per heavy atom. The van der Waals surface area contributed by atoms with Crippen LogP contribution in [0.1, 0.15) is 17.0 Å². The highest BCUT2D eigenvalue weighted by atomic mass is 16.5. The topological polar surface area (TPSA) is 63.4 Å². The van der Waals surface area contributed by atoms with Crippen LogP contribution in [0.3, 0.4) is 0 Å². The number of hydrogen-bond acceptors (Lipinski definition) is 5. The van der Waals surface area contributed by atoms with Crippen LogP contribution in [0, 0.1) is 6.92 Å². The van der Waals surface area contributed by atoms with Crippen molar-refractivity contribution in [1.29, 1.82) is 0 Å². The van der Waals surface area contributed by atoms with Crippen LogP contribution in [0.5, 0.6) is 5.75 Å². The predicted octanol–water partition coefficient (Wildman–Crippen LogP) is 1.48. The van der Waals surface area contributed by atoms with Gasteiger partial charge in [0.25, 0.3) is 0 Å². The Hall–Kier alpha value is -1.92. The number of hydrogen-bond donors (Lipinski definition) is 1. The molecule has 0 amide bonds. The molecule has 0 radical (unpaired) electrons. The molecule has 0 aromatic carbocycles. The first-order chi connectivity index (χ1) is 10.1. The first kappa shape index (κ1) is 15.5. The molecule has 0 saturated heterocycles. The van der Waals surface area contributed by atoms with E-state index in [0.29, 0.717) is 18.8 Å². The van der Waals surface area contributed by atoms with Gasteiger partial charge < -0.3 is 9.84 Å². The molecule has 0 spiro atoms. The summed E-state index contributed by atoms with van der Waals surface area (Å²) in [7, 11) is 3.58. The van der Waals surface area contributed by atoms with Gasteiger partial charge in [-0.3, -0.25) is 14.6 Å². The van der Waals surface area contributed by atoms with Gasteiger partial charge in [0.15, 0.2) is 0 Å². The van der Waals surface area contributed by atoms with Crippen LogP contribution < -0.4 is 0 Å². The number of ether oxygens (including phenoxy) is 1. The van der Waals surface area contributed by atoms with Gasteiger partial charge in [0.2, 0.25) is 0 Å². The Bertz CT molecular complexity index is 583. The minimum absolute atomic E-state index is 0.231. The molecule has 2 aromatic heterocycles. The molecule has 2 heterocycles. The summed E-state index contributed by atoms with van der Waals surface area (Å²) in [6.07, 6.45) is 3.84. The summed E-state index contributed by atoms with van der Waals surface area (Å²) in [5.41, 5.74) is 2.71. The Balaban J connectivity index is 2.09. The number of methoxy groups -OCH3 is 1. The van der Waals surface area contributed by atoms with Gasteiger partial charge in [-0.1, -0.05) is 0 Å². The molecule has 21 heavy (non-hydrogen) atoms. The van der Waals surface area contributed by atoms with E-state index in [1.807, 2.05) is 26.4 Å². The summed E-state index contributed by atoms with van der Waals surface area (Å²) in [5.74, 6) is 0.231. The third kappa shape index (κ3) is 4.54. The first-order valence-electron chi connectivity index (χ1n) is 6.93. The van der Waals surface area contributed by atoms with Gasteiger partial charge in [-0.25, -0.2) is 0 Å². The Morgan fingerprint density at radius 2 is 2.14 bits per heavy atom. The average molecular weight is 290 g/mol. The lowest BCUT2D eigenvalue weighted by Crippen LogP contribution is -2.27. The Labute approximate surface area is 125 Å². The molecule has 0 atom stereocenters. The number of aryl methyl sites for hydroxylation is 2. The first-order valence-corrected chi connectivity index (χ1v) is 6.93. The van der Waals surface area contributed by atoms with Crippen LogP contribution in [0.25, 0.3) is 0 Å². The smallest absolute Gasteiger partial charge is 0.138 e. The zero-order valence-corrected chi connectivity index (χ0v) is 12.8. The van der Waals surface area contributed by atoms with Crippen molar-refractivity contribution in [3.63, 3.8) is 0 Å². The molecule has 6 nitrogen and oxygen atoms in total. The second-order valence-electron chi connectivity index (χ2n) is 5.14. The number of nitrogens with zero attached hydrogens (tertiary/aromatic N) is 4. The van der Waals surface area contributed by atoms with Crippen LogP contribution in [0.15, 0.2) is 24.5 Å². The molecule has 0 saturated carbocycles. The van der Waals surface area contributed by atoms with Crippen molar-refractivity contribution in [2.45, 2.75) is 20.0 Å². The van der Waals surface area contributed by atoms with Gasteiger partial charge in [0, 0.05) is 51.2 Å². The van der Waals surface area contributed by atoms with Crippen molar-refractivity contribution >= 4 is 0 Å². The van der Waals surface area contributed by atoms with Crippen molar-refractivity contribution in [2.75, 3.05) is 20.3 Å². The highest BCUT2D eigenvalue weighted by Crippen LogP contribution is 2.18. The molecule has 0 bridgehead atoms. The summed E-state index contributed by atoms with van der Waals surface area (Å²) >= 11 is 0. The fourth-order valence-corrected chi connectivity index (χ4v) is 2.18. The highest BCUT2D eigenvalue weighted by molar-refractivity contribution is 5.27. The predicted molar refractivity (Wildman–Crippen MR) is 79.8 cm³/mol. The van der Waals surface area contributed by atoms with E-state index in [2.05, 4.69) is 15.0 Å². The molecule has 0 fully saturated rings. The van der Waals surface area contributed by atoms with Crippen LogP contribution in [-0.4, -0.2) is 45.0 Å². The maximum atomic E-state index is 9.94. The van der Waals surface area contributed by atoms with Crippen molar-refractivity contribution in [3.8, 4) is 5.75 Å². The standard InChI is InChI=1S/C15H22N4O2/c1-12-4-5-15(20)14(17-12)11-19(6-7-21-3)10-13-8-16-18(2)9-13/h4-5,8-9,20H,6-7,10-11H2,1-3H3. The van der Waals surface area contributed by atoms with Crippen LogP contribution in [-0.2, 0) is 24.9 Å². The summed E-state index contributed by atoms with van der Waals surface area (Å²) in [5, 5.41) is 14.1. The summed E-state index contributed by atoms with van der Waals surface area (Å²) in [4.78, 5) is 6.60. The number of rotatable bonds is 7. The molecule has 2 rings (SSSR count). The maximum absolute atomic E-state index is 9.94. The molecule has 0 aliphatic rings. The van der Waals surface area contributed by atoms with Gasteiger partial charge in [-0.15, -0.1) is 0 Å². The van der Waals surface area contributed by atoms with Gasteiger partial charge in [-0.05, 0) is 19.1 Å². The molecule has 1 N–H and O–H groups in total. The van der Waals surface area contributed by atoms with Gasteiger partial charge in [0.05, 0.1) is 18.5 Å². The molecule has 0 unspecified atom stereocenters. The molecule has 114 valence electrons. The molecular formula is C15H22N4O2. The fourth-order valence-electron chi connectivity index (χ4n) is 2.18. The van der Waals surface area contributed by atoms with Crippen molar-refractivity contribution in [1.82, 2.24) is 19.7 Å². The highest BCUT2D eigenvalue weighted by Gasteiger charge is 2.12. The minimum Gasteiger partial charge on any atom is -0.506 e. The molecule has 0 aliphatic carbocycles. The number of aromatic nitrogens is 3. The third-order valence-corrected chi connectivity index (χ3v) is 3.24. The second kappa shape index (κ2) is 7.19. The normalized spacial score (nSPS) is 11.2. The monoisotopic (exact) mass is 290 g/mol. The van der Waals surface area contributed by atoms with Crippen LogP contribution >= 0.6 is 0 Å². The molecule has 0 aliphatic heterocycles. The van der Waals surface area contributed by atoms with Crippen LogP contribution in [0.2, 0.25) is 0 Å². The van der Waals surface area contributed by atoms with E-state index in [-0.39, 0.29) is 5.75 Å². The molecule has 6 heteroatoms. The second-order valence-corrected chi connectivity index (χ2v) is 5.14. The third-order valence-electron chi connectivity index (χ3n) is 3.24. The number of pyridine rings is 1. The lowest BCUT2D eigenvalue weighted by molar-refractivity contribution is 0.138. The largest absolute Gasteiger partial charge is 0.506 e. The fraction of sp³-hybridized carbons (Fsp3) is 0.467. The van der Waals surface area contributed by atoms with Gasteiger partial charge >= 0.3 is 0 Å². The van der Waals surface area contributed by atoms with E-state index >= 15 is 0 Å². The maximum Gasteiger partial charge on any atom is 0.138 e. The zero-order chi connectivity index (χ0) is 15.2. The van der Waals surface area contributed by atoms with Crippen LogP contribution in [0.4, 0.5) is 0 Å². The zero-order valence-electron chi connectivity index (χ0n) is 12.8. The van der Waals surface area contributed by atoms with Gasteiger partial charge in [-0.2, -0.15) is 5.10 Å². The van der Waals surface area contributed by atoms with E-state index in [1.54, 1.807) is 23.9 Å². The SMILES string of the molecule is COCCN(Cc1cnn(C)c1)Cc1nc(C)ccc1O. The van der Waals surface area contributed by atoms with E-state index in [9.17, 15) is 5.11 Å². The Morgan fingerprint density at radius 3 is 2.81 bits per heavy atom. The Kier molecular flexibility index (Phi) is 5.30. The van der Waals surface area contributed by atoms with Crippen molar-refractivity contribution in [2.24, 2.45) is 7.05 Å². The van der Waals surface area contributed by atoms with Crippen molar-refractivity contribution < 1.29 is 9.84 Å². The molecular weight excluding hydrogens is 268 g/mol. The number of aromatic hydroxyl groups is 1. The molecule has 2 aromatic rings. The van der Waals surface area contributed by atoms with E-state index in [1.165, 1.54) is 0 Å². The van der Waals surface area contributed by atoms with Gasteiger partial charge in [0.1, 0.15) is 5.75 Å². The van der Waals surface area contributed by atoms with Crippen molar-refractivity contribution in [3.05, 3.63) is 41.5 Å². The minimum atomic E-state index is 0.231. The lowest BCUT2D eigenvalue weighted by Gasteiger charge is -2.21. The average Bonchev–Trinajstić information content (AvgIpc) is 2.85. The van der Waals surface area contributed by atoms with E-state index in [0.717, 1.165) is 24.3 Å². The summed E-state index contributed by atoms with van der Waals surface area (Å²) in [6, 6.07) is 3.50. The summed E-state index contributed by atoms with van der Waals surface area (Å²) in [6.45, 7) is 4.63. The summed E-state index contributed by atoms with van der Waals surface area (Å²) < 4.78 is 6.95.